The standard InChI is InChI=1S/C15H21NO3/c1-10(2)12-5-4-6-14(7-12)19-11(3)15(18)16-8-13(17)9-16/h4-7,10-11,13,17H,8-9H2,1-3H3. The number of aliphatic hydroxyl groups is 1. The monoisotopic (exact) mass is 263 g/mol. The molecule has 104 valence electrons. The number of benzene rings is 1. The lowest BCUT2D eigenvalue weighted by Crippen LogP contribution is -2.56. The van der Waals surface area contributed by atoms with Gasteiger partial charge in [0.1, 0.15) is 5.75 Å². The van der Waals surface area contributed by atoms with Crippen LogP contribution in [0.2, 0.25) is 0 Å². The highest BCUT2D eigenvalue weighted by atomic mass is 16.5. The molecule has 2 rings (SSSR count). The molecule has 0 aromatic heterocycles. The molecule has 19 heavy (non-hydrogen) atoms. The Kier molecular flexibility index (Phi) is 4.10. The second-order valence-corrected chi connectivity index (χ2v) is 5.38. The van der Waals surface area contributed by atoms with E-state index in [-0.39, 0.29) is 12.0 Å². The molecule has 1 N–H and O–H groups in total. The van der Waals surface area contributed by atoms with Crippen molar-refractivity contribution < 1.29 is 14.6 Å². The van der Waals surface area contributed by atoms with Crippen molar-refractivity contribution in [1.29, 1.82) is 0 Å². The fourth-order valence-electron chi connectivity index (χ4n) is 2.09. The van der Waals surface area contributed by atoms with Crippen molar-refractivity contribution in [2.45, 2.75) is 38.9 Å². The Labute approximate surface area is 114 Å². The van der Waals surface area contributed by atoms with Crippen LogP contribution < -0.4 is 4.74 Å². The van der Waals surface area contributed by atoms with Gasteiger partial charge in [0, 0.05) is 13.1 Å². The van der Waals surface area contributed by atoms with E-state index in [2.05, 4.69) is 19.9 Å². The SMILES string of the molecule is CC(Oc1cccc(C(C)C)c1)C(=O)N1CC(O)C1. The van der Waals surface area contributed by atoms with E-state index in [1.165, 1.54) is 5.56 Å². The minimum Gasteiger partial charge on any atom is -0.481 e. The largest absolute Gasteiger partial charge is 0.481 e. The minimum atomic E-state index is -0.519. The summed E-state index contributed by atoms with van der Waals surface area (Å²) < 4.78 is 5.69. The van der Waals surface area contributed by atoms with Crippen LogP contribution in [-0.2, 0) is 4.79 Å². The number of nitrogens with zero attached hydrogens (tertiary/aromatic N) is 1. The molecule has 0 spiro atoms. The average Bonchev–Trinajstić information content (AvgIpc) is 2.34. The van der Waals surface area contributed by atoms with Crippen molar-refractivity contribution in [3.63, 3.8) is 0 Å². The summed E-state index contributed by atoms with van der Waals surface area (Å²) in [4.78, 5) is 13.6. The van der Waals surface area contributed by atoms with Gasteiger partial charge in [-0.2, -0.15) is 0 Å². The molecule has 1 aliphatic rings. The van der Waals surface area contributed by atoms with Crippen LogP contribution in [0.4, 0.5) is 0 Å². The highest BCUT2D eigenvalue weighted by molar-refractivity contribution is 5.81. The van der Waals surface area contributed by atoms with Crippen LogP contribution in [0.15, 0.2) is 24.3 Å². The molecule has 1 fully saturated rings. The second-order valence-electron chi connectivity index (χ2n) is 5.38. The summed E-state index contributed by atoms with van der Waals surface area (Å²) in [6, 6.07) is 7.82. The van der Waals surface area contributed by atoms with Crippen molar-refractivity contribution in [2.24, 2.45) is 0 Å². The number of carbonyl (C=O) groups is 1. The maximum atomic E-state index is 12.0. The second kappa shape index (κ2) is 5.61. The van der Waals surface area contributed by atoms with Gasteiger partial charge in [-0.15, -0.1) is 0 Å². The molecule has 4 nitrogen and oxygen atoms in total. The highest BCUT2D eigenvalue weighted by Crippen LogP contribution is 2.21. The summed E-state index contributed by atoms with van der Waals surface area (Å²) in [5.74, 6) is 1.08. The molecule has 1 atom stereocenters. The molecule has 1 amide bonds. The summed E-state index contributed by atoms with van der Waals surface area (Å²) in [6.45, 7) is 6.82. The summed E-state index contributed by atoms with van der Waals surface area (Å²) in [7, 11) is 0. The third kappa shape index (κ3) is 3.26. The zero-order valence-electron chi connectivity index (χ0n) is 11.7. The lowest BCUT2D eigenvalue weighted by Gasteiger charge is -2.37. The first-order valence-corrected chi connectivity index (χ1v) is 6.71. The molecule has 0 bridgehead atoms. The van der Waals surface area contributed by atoms with Crippen LogP contribution in [0.1, 0.15) is 32.3 Å². The first kappa shape index (κ1) is 13.9. The maximum absolute atomic E-state index is 12.0. The van der Waals surface area contributed by atoms with Gasteiger partial charge < -0.3 is 14.7 Å². The number of amides is 1. The Hall–Kier alpha value is -1.55. The van der Waals surface area contributed by atoms with Gasteiger partial charge in [0.15, 0.2) is 6.10 Å². The Morgan fingerprint density at radius 3 is 2.63 bits per heavy atom. The normalized spacial score (nSPS) is 17.2. The molecule has 4 heteroatoms. The molecule has 1 saturated heterocycles. The van der Waals surface area contributed by atoms with Crippen LogP contribution in [-0.4, -0.2) is 41.2 Å². The fraction of sp³-hybridized carbons (Fsp3) is 0.533. The predicted octanol–water partition coefficient (Wildman–Crippen LogP) is 1.78. The molecule has 0 radical (unpaired) electrons. The Balaban J connectivity index is 1.96. The molecular weight excluding hydrogens is 242 g/mol. The zero-order valence-corrected chi connectivity index (χ0v) is 11.7. The van der Waals surface area contributed by atoms with Gasteiger partial charge in [-0.25, -0.2) is 0 Å². The number of hydrogen-bond donors (Lipinski definition) is 1. The minimum absolute atomic E-state index is 0.0692. The molecular formula is C15H21NO3. The Bertz CT molecular complexity index is 452. The van der Waals surface area contributed by atoms with Crippen molar-refractivity contribution in [1.82, 2.24) is 4.90 Å². The molecule has 0 aliphatic carbocycles. The van der Waals surface area contributed by atoms with E-state index in [1.807, 2.05) is 18.2 Å². The van der Waals surface area contributed by atoms with Gasteiger partial charge in [0.05, 0.1) is 6.10 Å². The van der Waals surface area contributed by atoms with Gasteiger partial charge in [0.25, 0.3) is 5.91 Å². The van der Waals surface area contributed by atoms with Gasteiger partial charge in [0.2, 0.25) is 0 Å². The predicted molar refractivity (Wildman–Crippen MR) is 73.2 cm³/mol. The highest BCUT2D eigenvalue weighted by Gasteiger charge is 2.32. The number of carbonyl (C=O) groups excluding carboxylic acids is 1. The Morgan fingerprint density at radius 1 is 1.37 bits per heavy atom. The zero-order chi connectivity index (χ0) is 14.0. The Morgan fingerprint density at radius 2 is 2.05 bits per heavy atom. The number of β-amino-alcohol motifs (C(OH)–C–C–N with tert-alkyl or cyclic N) is 1. The first-order valence-electron chi connectivity index (χ1n) is 6.71. The molecule has 1 aromatic carbocycles. The van der Waals surface area contributed by atoms with Gasteiger partial charge in [-0.3, -0.25) is 4.79 Å². The third-order valence-corrected chi connectivity index (χ3v) is 3.36. The van der Waals surface area contributed by atoms with E-state index >= 15 is 0 Å². The van der Waals surface area contributed by atoms with Crippen molar-refractivity contribution in [3.05, 3.63) is 29.8 Å². The van der Waals surface area contributed by atoms with E-state index in [0.717, 1.165) is 0 Å². The number of likely N-dealkylation sites (tertiary alicyclic amines) is 1. The van der Waals surface area contributed by atoms with E-state index in [0.29, 0.717) is 24.8 Å². The number of rotatable bonds is 4. The average molecular weight is 263 g/mol. The lowest BCUT2D eigenvalue weighted by atomic mass is 10.0. The summed E-state index contributed by atoms with van der Waals surface area (Å²) in [5.41, 5.74) is 1.19. The summed E-state index contributed by atoms with van der Waals surface area (Å²) >= 11 is 0. The van der Waals surface area contributed by atoms with Crippen molar-refractivity contribution in [2.75, 3.05) is 13.1 Å². The van der Waals surface area contributed by atoms with E-state index in [1.54, 1.807) is 11.8 Å². The smallest absolute Gasteiger partial charge is 0.263 e. The molecule has 1 heterocycles. The number of ether oxygens (including phenoxy) is 1. The number of hydrogen-bond acceptors (Lipinski definition) is 3. The molecule has 1 aliphatic heterocycles. The van der Waals surface area contributed by atoms with Crippen LogP contribution in [0.3, 0.4) is 0 Å². The van der Waals surface area contributed by atoms with Gasteiger partial charge in [-0.05, 0) is 30.5 Å². The van der Waals surface area contributed by atoms with E-state index < -0.39 is 6.10 Å². The first-order chi connectivity index (χ1) is 8.97. The van der Waals surface area contributed by atoms with Crippen LogP contribution in [0, 0.1) is 0 Å². The summed E-state index contributed by atoms with van der Waals surface area (Å²) in [5, 5.41) is 9.20. The van der Waals surface area contributed by atoms with E-state index in [9.17, 15) is 9.90 Å². The fourth-order valence-corrected chi connectivity index (χ4v) is 2.09. The number of aliphatic hydroxyl groups excluding tert-OH is 1. The lowest BCUT2D eigenvalue weighted by molar-refractivity contribution is -0.148. The van der Waals surface area contributed by atoms with Gasteiger partial charge in [-0.1, -0.05) is 26.0 Å². The van der Waals surface area contributed by atoms with Crippen molar-refractivity contribution >= 4 is 5.91 Å². The van der Waals surface area contributed by atoms with Crippen LogP contribution in [0.5, 0.6) is 5.75 Å². The maximum Gasteiger partial charge on any atom is 0.263 e. The third-order valence-electron chi connectivity index (χ3n) is 3.36. The quantitative estimate of drug-likeness (QED) is 0.901. The van der Waals surface area contributed by atoms with E-state index in [4.69, 9.17) is 4.74 Å². The topological polar surface area (TPSA) is 49.8 Å². The van der Waals surface area contributed by atoms with Gasteiger partial charge >= 0.3 is 0 Å². The molecule has 1 aromatic rings. The summed E-state index contributed by atoms with van der Waals surface area (Å²) in [6.07, 6.45) is -0.893. The molecule has 0 saturated carbocycles. The van der Waals surface area contributed by atoms with Crippen molar-refractivity contribution in [3.8, 4) is 5.75 Å². The van der Waals surface area contributed by atoms with Crippen LogP contribution in [0.25, 0.3) is 0 Å². The molecule has 1 unspecified atom stereocenters. The van der Waals surface area contributed by atoms with Crippen LogP contribution >= 0.6 is 0 Å².